The number of aromatic nitrogens is 2. The molecular formula is C23H25N5O. The van der Waals surface area contributed by atoms with Gasteiger partial charge in [-0.15, -0.1) is 0 Å². The number of nitriles is 1. The van der Waals surface area contributed by atoms with E-state index >= 15 is 0 Å². The molecule has 6 nitrogen and oxygen atoms in total. The van der Waals surface area contributed by atoms with Gasteiger partial charge in [0, 0.05) is 18.0 Å². The van der Waals surface area contributed by atoms with Crippen LogP contribution in [-0.4, -0.2) is 33.8 Å². The molecular weight excluding hydrogens is 362 g/mol. The quantitative estimate of drug-likeness (QED) is 0.597. The maximum Gasteiger partial charge on any atom is 0.224 e. The Morgan fingerprint density at radius 2 is 2.00 bits per heavy atom. The number of nitrogens with zero attached hydrogens (tertiary/aromatic N) is 3. The second-order valence-electron chi connectivity index (χ2n) is 8.15. The summed E-state index contributed by atoms with van der Waals surface area (Å²) in [6.45, 7) is 4.71. The van der Waals surface area contributed by atoms with Crippen LogP contribution in [0.15, 0.2) is 48.7 Å². The summed E-state index contributed by atoms with van der Waals surface area (Å²) in [7, 11) is 0. The third kappa shape index (κ3) is 3.74. The zero-order valence-electron chi connectivity index (χ0n) is 16.7. The van der Waals surface area contributed by atoms with E-state index in [1.807, 2.05) is 19.9 Å². The first kappa shape index (κ1) is 19.2. The standard InChI is InChI=1S/C23H25N5O/c1-23(2)19(12-20(23)29)27-21-17(13-24)14-26-22(28-21)25-11-10-16-8-5-7-15-6-3-4-9-18(15)16/h3-9,14,19-20,29H,10-12H2,1-2H3,(H2,25,26,27,28)/t19-,20+/m1/s1. The van der Waals surface area contributed by atoms with Crippen LogP contribution in [0.5, 0.6) is 0 Å². The van der Waals surface area contributed by atoms with Crippen molar-refractivity contribution in [2.75, 3.05) is 17.2 Å². The second kappa shape index (κ2) is 7.69. The number of hydrogen-bond acceptors (Lipinski definition) is 6. The van der Waals surface area contributed by atoms with Crippen LogP contribution in [-0.2, 0) is 6.42 Å². The molecule has 1 aliphatic carbocycles. The fourth-order valence-corrected chi connectivity index (χ4v) is 3.79. The Kier molecular flexibility index (Phi) is 5.08. The van der Waals surface area contributed by atoms with Gasteiger partial charge in [0.05, 0.1) is 12.3 Å². The highest BCUT2D eigenvalue weighted by Crippen LogP contribution is 2.42. The number of aliphatic hydroxyl groups excluding tert-OH is 1. The van der Waals surface area contributed by atoms with Crippen LogP contribution < -0.4 is 10.6 Å². The molecule has 3 aromatic rings. The lowest BCUT2D eigenvalue weighted by atomic mass is 9.64. The van der Waals surface area contributed by atoms with Gasteiger partial charge in [-0.1, -0.05) is 56.3 Å². The molecule has 1 aromatic heterocycles. The number of rotatable bonds is 6. The summed E-state index contributed by atoms with van der Waals surface area (Å²) in [5.74, 6) is 1.00. The van der Waals surface area contributed by atoms with Crippen molar-refractivity contribution in [2.45, 2.75) is 38.8 Å². The normalized spacial score (nSPS) is 19.9. The highest BCUT2D eigenvalue weighted by molar-refractivity contribution is 5.85. The van der Waals surface area contributed by atoms with E-state index in [9.17, 15) is 10.4 Å². The smallest absolute Gasteiger partial charge is 0.224 e. The number of fused-ring (bicyclic) bond motifs is 1. The lowest BCUT2D eigenvalue weighted by Gasteiger charge is -2.49. The maximum atomic E-state index is 9.95. The lowest BCUT2D eigenvalue weighted by molar-refractivity contribution is -0.0511. The number of nitrogens with one attached hydrogen (secondary N) is 2. The van der Waals surface area contributed by atoms with Crippen molar-refractivity contribution in [3.63, 3.8) is 0 Å². The number of aliphatic hydroxyl groups is 1. The van der Waals surface area contributed by atoms with Crippen LogP contribution >= 0.6 is 0 Å². The minimum absolute atomic E-state index is 0.0723. The first-order chi connectivity index (χ1) is 14.0. The Balaban J connectivity index is 1.45. The molecule has 0 saturated heterocycles. The molecule has 1 heterocycles. The number of benzene rings is 2. The summed E-state index contributed by atoms with van der Waals surface area (Å²) >= 11 is 0. The second-order valence-corrected chi connectivity index (χ2v) is 8.15. The number of anilines is 2. The van der Waals surface area contributed by atoms with Gasteiger partial charge >= 0.3 is 0 Å². The molecule has 4 rings (SSSR count). The van der Waals surface area contributed by atoms with Gasteiger partial charge in [0.15, 0.2) is 0 Å². The molecule has 1 saturated carbocycles. The average molecular weight is 387 g/mol. The van der Waals surface area contributed by atoms with Crippen molar-refractivity contribution in [3.05, 3.63) is 59.8 Å². The van der Waals surface area contributed by atoms with E-state index < -0.39 is 0 Å². The molecule has 2 aromatic carbocycles. The summed E-state index contributed by atoms with van der Waals surface area (Å²) in [6, 6.07) is 16.9. The fraction of sp³-hybridized carbons (Fsp3) is 0.348. The van der Waals surface area contributed by atoms with Crippen molar-refractivity contribution in [2.24, 2.45) is 5.41 Å². The molecule has 3 N–H and O–H groups in total. The van der Waals surface area contributed by atoms with Gasteiger partial charge in [-0.3, -0.25) is 0 Å². The highest BCUT2D eigenvalue weighted by atomic mass is 16.3. The highest BCUT2D eigenvalue weighted by Gasteiger charge is 2.47. The van der Waals surface area contributed by atoms with Crippen molar-refractivity contribution in [1.29, 1.82) is 5.26 Å². The summed E-state index contributed by atoms with van der Waals surface area (Å²) in [6.07, 6.45) is 2.68. The van der Waals surface area contributed by atoms with E-state index in [4.69, 9.17) is 0 Å². The first-order valence-corrected chi connectivity index (χ1v) is 9.91. The summed E-state index contributed by atoms with van der Waals surface area (Å²) in [4.78, 5) is 8.78. The molecule has 0 aliphatic heterocycles. The zero-order valence-corrected chi connectivity index (χ0v) is 16.7. The Morgan fingerprint density at radius 1 is 1.21 bits per heavy atom. The molecule has 1 fully saturated rings. The van der Waals surface area contributed by atoms with Crippen molar-refractivity contribution in [1.82, 2.24) is 9.97 Å². The van der Waals surface area contributed by atoms with Crippen LogP contribution in [0.3, 0.4) is 0 Å². The summed E-state index contributed by atoms with van der Waals surface area (Å²) in [5.41, 5.74) is 1.43. The molecule has 1 aliphatic rings. The van der Waals surface area contributed by atoms with Crippen LogP contribution in [0.1, 0.15) is 31.4 Å². The third-order valence-corrected chi connectivity index (χ3v) is 5.99. The fourth-order valence-electron chi connectivity index (χ4n) is 3.79. The summed E-state index contributed by atoms with van der Waals surface area (Å²) < 4.78 is 0. The van der Waals surface area contributed by atoms with E-state index in [0.29, 0.717) is 30.3 Å². The van der Waals surface area contributed by atoms with E-state index in [-0.39, 0.29) is 17.6 Å². The molecule has 6 heteroatoms. The van der Waals surface area contributed by atoms with Gasteiger partial charge in [0.25, 0.3) is 0 Å². The molecule has 0 amide bonds. The first-order valence-electron chi connectivity index (χ1n) is 9.91. The molecule has 29 heavy (non-hydrogen) atoms. The zero-order chi connectivity index (χ0) is 20.4. The lowest BCUT2D eigenvalue weighted by Crippen LogP contribution is -2.57. The molecule has 0 spiro atoms. The molecule has 2 atom stereocenters. The monoisotopic (exact) mass is 387 g/mol. The van der Waals surface area contributed by atoms with Crippen LogP contribution in [0.2, 0.25) is 0 Å². The van der Waals surface area contributed by atoms with Gasteiger partial charge in [0.1, 0.15) is 17.5 Å². The van der Waals surface area contributed by atoms with E-state index in [2.05, 4.69) is 63.1 Å². The summed E-state index contributed by atoms with van der Waals surface area (Å²) in [5, 5.41) is 28.4. The topological polar surface area (TPSA) is 93.9 Å². The van der Waals surface area contributed by atoms with Crippen molar-refractivity contribution in [3.8, 4) is 6.07 Å². The average Bonchev–Trinajstić information content (AvgIpc) is 2.74. The predicted molar refractivity (Wildman–Crippen MR) is 115 cm³/mol. The minimum Gasteiger partial charge on any atom is -0.392 e. The third-order valence-electron chi connectivity index (χ3n) is 5.99. The van der Waals surface area contributed by atoms with Gasteiger partial charge in [-0.25, -0.2) is 4.98 Å². The van der Waals surface area contributed by atoms with Gasteiger partial charge in [-0.2, -0.15) is 10.2 Å². The van der Waals surface area contributed by atoms with E-state index in [0.717, 1.165) is 6.42 Å². The Labute approximate surface area is 170 Å². The number of hydrogen-bond donors (Lipinski definition) is 3. The SMILES string of the molecule is CC1(C)[C@@H](O)C[C@H]1Nc1nc(NCCc2cccc3ccccc23)ncc1C#N. The maximum absolute atomic E-state index is 9.95. The largest absolute Gasteiger partial charge is 0.392 e. The van der Waals surface area contributed by atoms with Crippen molar-refractivity contribution >= 4 is 22.5 Å². The Bertz CT molecular complexity index is 1070. The van der Waals surface area contributed by atoms with Crippen molar-refractivity contribution < 1.29 is 5.11 Å². The van der Waals surface area contributed by atoms with Gasteiger partial charge in [0.2, 0.25) is 5.95 Å². The molecule has 148 valence electrons. The van der Waals surface area contributed by atoms with Crippen LogP contribution in [0, 0.1) is 16.7 Å². The molecule has 0 bridgehead atoms. The molecule has 0 radical (unpaired) electrons. The Hall–Kier alpha value is -3.17. The van der Waals surface area contributed by atoms with Gasteiger partial charge < -0.3 is 15.7 Å². The van der Waals surface area contributed by atoms with E-state index in [1.165, 1.54) is 22.5 Å². The predicted octanol–water partition coefficient (Wildman–Crippen LogP) is 3.73. The van der Waals surface area contributed by atoms with Crippen LogP contribution in [0.4, 0.5) is 11.8 Å². The molecule has 0 unspecified atom stereocenters. The van der Waals surface area contributed by atoms with Gasteiger partial charge in [-0.05, 0) is 29.2 Å². The van der Waals surface area contributed by atoms with Crippen LogP contribution in [0.25, 0.3) is 10.8 Å². The Morgan fingerprint density at radius 3 is 2.76 bits per heavy atom. The van der Waals surface area contributed by atoms with E-state index in [1.54, 1.807) is 0 Å². The minimum atomic E-state index is -0.342.